The highest BCUT2D eigenvalue weighted by Crippen LogP contribution is 2.19. The van der Waals surface area contributed by atoms with Crippen molar-refractivity contribution in [3.05, 3.63) is 35.0 Å². The average molecular weight is 285 g/mol. The summed E-state index contributed by atoms with van der Waals surface area (Å²) in [6.45, 7) is 6.88. The van der Waals surface area contributed by atoms with Gasteiger partial charge in [-0.1, -0.05) is 18.1 Å². The van der Waals surface area contributed by atoms with E-state index in [4.69, 9.17) is 4.42 Å². The Morgan fingerprint density at radius 1 is 1.24 bits per heavy atom. The number of hydrogen-bond acceptors (Lipinski definition) is 5. The van der Waals surface area contributed by atoms with Gasteiger partial charge in [-0.15, -0.1) is 5.10 Å². The van der Waals surface area contributed by atoms with Crippen LogP contribution in [0.2, 0.25) is 0 Å². The first-order valence-corrected chi connectivity index (χ1v) is 7.18. The van der Waals surface area contributed by atoms with Crippen molar-refractivity contribution in [2.24, 2.45) is 0 Å². The van der Waals surface area contributed by atoms with Crippen molar-refractivity contribution >= 4 is 17.0 Å². The van der Waals surface area contributed by atoms with Crippen molar-refractivity contribution < 1.29 is 4.42 Å². The third-order valence-electron chi connectivity index (χ3n) is 3.63. The number of fused-ring (bicyclic) bond motifs is 1. The molecule has 21 heavy (non-hydrogen) atoms. The van der Waals surface area contributed by atoms with Gasteiger partial charge in [0, 0.05) is 19.4 Å². The number of aromatic amines is 1. The van der Waals surface area contributed by atoms with Crippen LogP contribution in [0, 0.1) is 13.8 Å². The van der Waals surface area contributed by atoms with E-state index in [1.807, 2.05) is 6.92 Å². The van der Waals surface area contributed by atoms with Crippen LogP contribution in [-0.4, -0.2) is 26.7 Å². The number of aryl methyl sites for hydroxylation is 3. The molecule has 0 bridgehead atoms. The molecule has 0 atom stereocenters. The lowest BCUT2D eigenvalue weighted by molar-refractivity contribution is 0.511. The van der Waals surface area contributed by atoms with Crippen LogP contribution in [0.25, 0.3) is 11.0 Å². The van der Waals surface area contributed by atoms with Crippen molar-refractivity contribution in [2.75, 3.05) is 11.9 Å². The molecule has 6 heteroatoms. The zero-order valence-electron chi connectivity index (χ0n) is 12.5. The lowest BCUT2D eigenvalue weighted by atomic mass is 10.1. The monoisotopic (exact) mass is 285 g/mol. The zero-order valence-corrected chi connectivity index (χ0v) is 12.5. The summed E-state index contributed by atoms with van der Waals surface area (Å²) in [5.74, 6) is 1.61. The van der Waals surface area contributed by atoms with Gasteiger partial charge >= 0.3 is 6.01 Å². The van der Waals surface area contributed by atoms with Gasteiger partial charge in [-0.2, -0.15) is 0 Å². The molecule has 0 aliphatic rings. The molecule has 0 spiro atoms. The van der Waals surface area contributed by atoms with E-state index < -0.39 is 0 Å². The summed E-state index contributed by atoms with van der Waals surface area (Å²) in [7, 11) is 0. The summed E-state index contributed by atoms with van der Waals surface area (Å²) in [5, 5.41) is 11.0. The Bertz CT molecular complexity index is 759. The molecule has 1 aromatic carbocycles. The number of hydrogen-bond donors (Lipinski definition) is 2. The average Bonchev–Trinajstić information content (AvgIpc) is 3.10. The maximum atomic E-state index is 5.40. The number of aromatic nitrogens is 4. The highest BCUT2D eigenvalue weighted by molar-refractivity contribution is 5.79. The summed E-state index contributed by atoms with van der Waals surface area (Å²) in [4.78, 5) is 8.01. The van der Waals surface area contributed by atoms with E-state index in [9.17, 15) is 0 Å². The molecule has 2 aromatic heterocycles. The Kier molecular flexibility index (Phi) is 3.60. The fourth-order valence-corrected chi connectivity index (χ4v) is 2.24. The molecule has 0 saturated carbocycles. The van der Waals surface area contributed by atoms with E-state index >= 15 is 0 Å². The first-order chi connectivity index (χ1) is 10.2. The molecule has 0 amide bonds. The predicted molar refractivity (Wildman–Crippen MR) is 81.4 cm³/mol. The quantitative estimate of drug-likeness (QED) is 0.753. The number of anilines is 1. The minimum absolute atomic E-state index is 0.468. The summed E-state index contributed by atoms with van der Waals surface area (Å²) in [5.41, 5.74) is 4.62. The lowest BCUT2D eigenvalue weighted by Crippen LogP contribution is -2.06. The van der Waals surface area contributed by atoms with E-state index in [-0.39, 0.29) is 0 Å². The molecule has 0 saturated heterocycles. The van der Waals surface area contributed by atoms with E-state index in [1.54, 1.807) is 0 Å². The van der Waals surface area contributed by atoms with Crippen LogP contribution in [0.15, 0.2) is 16.5 Å². The molecule has 2 N–H and O–H groups in total. The highest BCUT2D eigenvalue weighted by Gasteiger charge is 2.08. The summed E-state index contributed by atoms with van der Waals surface area (Å²) < 4.78 is 5.40. The fourth-order valence-electron chi connectivity index (χ4n) is 2.24. The van der Waals surface area contributed by atoms with E-state index in [2.05, 4.69) is 51.5 Å². The van der Waals surface area contributed by atoms with Gasteiger partial charge in [-0.25, -0.2) is 4.98 Å². The first-order valence-electron chi connectivity index (χ1n) is 7.18. The smallest absolute Gasteiger partial charge is 0.315 e. The van der Waals surface area contributed by atoms with Crippen LogP contribution in [0.5, 0.6) is 0 Å². The summed E-state index contributed by atoms with van der Waals surface area (Å²) in [6.07, 6.45) is 1.52. The molecule has 3 aromatic rings. The Morgan fingerprint density at radius 2 is 2.10 bits per heavy atom. The van der Waals surface area contributed by atoms with Crippen LogP contribution < -0.4 is 5.32 Å². The van der Waals surface area contributed by atoms with Crippen molar-refractivity contribution in [3.8, 4) is 0 Å². The largest absolute Gasteiger partial charge is 0.408 e. The van der Waals surface area contributed by atoms with Crippen LogP contribution >= 0.6 is 0 Å². The topological polar surface area (TPSA) is 79.6 Å². The van der Waals surface area contributed by atoms with Gasteiger partial charge < -0.3 is 14.7 Å². The first kappa shape index (κ1) is 13.6. The normalized spacial score (nSPS) is 11.2. The number of H-pyrrole nitrogens is 1. The predicted octanol–water partition coefficient (Wildman–Crippen LogP) is 2.78. The molecule has 2 heterocycles. The van der Waals surface area contributed by atoms with Crippen LogP contribution in [-0.2, 0) is 12.8 Å². The fraction of sp³-hybridized carbons (Fsp3) is 0.400. The molecular weight excluding hydrogens is 266 g/mol. The van der Waals surface area contributed by atoms with Crippen LogP contribution in [0.4, 0.5) is 6.01 Å². The highest BCUT2D eigenvalue weighted by atomic mass is 16.4. The van der Waals surface area contributed by atoms with E-state index in [0.29, 0.717) is 18.5 Å². The SMILES string of the molecule is CCc1nnc(NCCc2nc3c(C)c(C)ccc3[nH]2)o1. The van der Waals surface area contributed by atoms with E-state index in [0.717, 1.165) is 29.7 Å². The van der Waals surface area contributed by atoms with Crippen molar-refractivity contribution in [1.29, 1.82) is 0 Å². The molecular formula is C15H19N5O. The van der Waals surface area contributed by atoms with Crippen molar-refractivity contribution in [2.45, 2.75) is 33.6 Å². The summed E-state index contributed by atoms with van der Waals surface area (Å²) in [6, 6.07) is 4.66. The standard InChI is InChI=1S/C15H19N5O/c1-4-13-19-20-15(21-13)16-8-7-12-17-11-6-5-9(2)10(3)14(11)18-12/h5-6H,4,7-8H2,1-3H3,(H,16,20)(H,17,18). The Labute approximate surface area is 123 Å². The maximum absolute atomic E-state index is 5.40. The third-order valence-corrected chi connectivity index (χ3v) is 3.63. The second-order valence-electron chi connectivity index (χ2n) is 5.12. The Morgan fingerprint density at radius 3 is 2.86 bits per heavy atom. The molecule has 0 fully saturated rings. The Balaban J connectivity index is 1.66. The molecule has 0 radical (unpaired) electrons. The van der Waals surface area contributed by atoms with E-state index in [1.165, 1.54) is 11.1 Å². The van der Waals surface area contributed by atoms with Gasteiger partial charge in [0.2, 0.25) is 5.89 Å². The molecule has 110 valence electrons. The van der Waals surface area contributed by atoms with Gasteiger partial charge in [0.15, 0.2) is 0 Å². The van der Waals surface area contributed by atoms with Gasteiger partial charge in [0.25, 0.3) is 0 Å². The van der Waals surface area contributed by atoms with Gasteiger partial charge in [0.05, 0.1) is 11.0 Å². The number of imidazole rings is 1. The molecule has 0 aliphatic carbocycles. The molecule has 6 nitrogen and oxygen atoms in total. The minimum atomic E-state index is 0.468. The van der Waals surface area contributed by atoms with Crippen LogP contribution in [0.3, 0.4) is 0 Å². The molecule has 3 rings (SSSR count). The zero-order chi connectivity index (χ0) is 14.8. The lowest BCUT2D eigenvalue weighted by Gasteiger charge is -1.98. The van der Waals surface area contributed by atoms with Crippen LogP contribution in [0.1, 0.15) is 29.8 Å². The van der Waals surface area contributed by atoms with Gasteiger partial charge in [-0.3, -0.25) is 0 Å². The number of rotatable bonds is 5. The number of benzene rings is 1. The third kappa shape index (κ3) is 2.74. The second-order valence-corrected chi connectivity index (χ2v) is 5.12. The molecule has 0 aliphatic heterocycles. The van der Waals surface area contributed by atoms with Crippen molar-refractivity contribution in [1.82, 2.24) is 20.2 Å². The Hall–Kier alpha value is -2.37. The number of nitrogens with zero attached hydrogens (tertiary/aromatic N) is 3. The maximum Gasteiger partial charge on any atom is 0.315 e. The number of nitrogens with one attached hydrogen (secondary N) is 2. The molecule has 0 unspecified atom stereocenters. The van der Waals surface area contributed by atoms with Crippen molar-refractivity contribution in [3.63, 3.8) is 0 Å². The second kappa shape index (κ2) is 5.55. The van der Waals surface area contributed by atoms with Gasteiger partial charge in [-0.05, 0) is 31.0 Å². The summed E-state index contributed by atoms with van der Waals surface area (Å²) >= 11 is 0. The minimum Gasteiger partial charge on any atom is -0.408 e. The van der Waals surface area contributed by atoms with Gasteiger partial charge in [0.1, 0.15) is 5.82 Å².